The second-order valence-electron chi connectivity index (χ2n) is 6.30. The molecular weight excluding hydrogens is 380 g/mol. The van der Waals surface area contributed by atoms with Gasteiger partial charge in [0.05, 0.1) is 11.0 Å². The van der Waals surface area contributed by atoms with Gasteiger partial charge in [-0.3, -0.25) is 9.36 Å². The van der Waals surface area contributed by atoms with Crippen LogP contribution < -0.4 is 4.74 Å². The molecule has 4 aromatic rings. The number of fused-ring (bicyclic) bond motifs is 1. The first-order valence-electron chi connectivity index (χ1n) is 8.48. The number of carbonyl (C=O) groups is 1. The third-order valence-corrected chi connectivity index (χ3v) is 5.85. The van der Waals surface area contributed by atoms with Gasteiger partial charge in [-0.15, -0.1) is 11.3 Å². The molecule has 4 nitrogen and oxygen atoms in total. The summed E-state index contributed by atoms with van der Waals surface area (Å²) in [6, 6.07) is 15.5. The van der Waals surface area contributed by atoms with E-state index in [1.54, 1.807) is 13.3 Å². The minimum atomic E-state index is -0.0199. The van der Waals surface area contributed by atoms with Gasteiger partial charge in [-0.05, 0) is 36.2 Å². The molecule has 27 heavy (non-hydrogen) atoms. The Bertz CT molecular complexity index is 1150. The highest BCUT2D eigenvalue weighted by atomic mass is 35.5. The van der Waals surface area contributed by atoms with E-state index in [0.29, 0.717) is 22.3 Å². The van der Waals surface area contributed by atoms with Crippen LogP contribution in [0, 0.1) is 6.92 Å². The fourth-order valence-electron chi connectivity index (χ4n) is 2.92. The van der Waals surface area contributed by atoms with Gasteiger partial charge in [0, 0.05) is 18.0 Å². The monoisotopic (exact) mass is 396 g/mol. The summed E-state index contributed by atoms with van der Waals surface area (Å²) < 4.78 is 7.94. The van der Waals surface area contributed by atoms with Crippen molar-refractivity contribution in [3.05, 3.63) is 75.9 Å². The molecule has 0 aliphatic rings. The SMILES string of the molecule is CC(=O)c1sc(-n2cnc3ccc(Cl)cc32)cc1OCc1ccccc1C. The Morgan fingerprint density at radius 2 is 2.04 bits per heavy atom. The van der Waals surface area contributed by atoms with Crippen molar-refractivity contribution in [3.8, 4) is 10.8 Å². The van der Waals surface area contributed by atoms with Gasteiger partial charge in [0.2, 0.25) is 0 Å². The molecule has 0 fully saturated rings. The molecule has 0 spiro atoms. The molecular formula is C21H17ClN2O2S. The van der Waals surface area contributed by atoms with Crippen LogP contribution in [0.3, 0.4) is 0 Å². The number of thiophene rings is 1. The average molecular weight is 397 g/mol. The number of carbonyl (C=O) groups excluding carboxylic acids is 1. The number of nitrogens with zero attached hydrogens (tertiary/aromatic N) is 2. The molecule has 4 rings (SSSR count). The van der Waals surface area contributed by atoms with Crippen molar-refractivity contribution in [3.63, 3.8) is 0 Å². The highest BCUT2D eigenvalue weighted by Gasteiger charge is 2.17. The topological polar surface area (TPSA) is 44.1 Å². The Morgan fingerprint density at radius 3 is 2.81 bits per heavy atom. The molecule has 0 amide bonds. The number of hydrogen-bond acceptors (Lipinski definition) is 4. The molecule has 0 aliphatic heterocycles. The summed E-state index contributed by atoms with van der Waals surface area (Å²) >= 11 is 7.53. The van der Waals surface area contributed by atoms with E-state index in [4.69, 9.17) is 16.3 Å². The van der Waals surface area contributed by atoms with E-state index in [1.807, 2.05) is 60.0 Å². The van der Waals surface area contributed by atoms with E-state index in [-0.39, 0.29) is 5.78 Å². The molecule has 0 saturated heterocycles. The Balaban J connectivity index is 1.71. The summed E-state index contributed by atoms with van der Waals surface area (Å²) in [6.45, 7) is 4.02. The third kappa shape index (κ3) is 3.48. The number of halogens is 1. The number of imidazole rings is 1. The lowest BCUT2D eigenvalue weighted by Gasteiger charge is -2.08. The third-order valence-electron chi connectivity index (χ3n) is 4.40. The lowest BCUT2D eigenvalue weighted by atomic mass is 10.1. The zero-order valence-corrected chi connectivity index (χ0v) is 16.5. The number of aromatic nitrogens is 2. The maximum Gasteiger partial charge on any atom is 0.173 e. The van der Waals surface area contributed by atoms with Crippen LogP contribution in [0.5, 0.6) is 5.75 Å². The lowest BCUT2D eigenvalue weighted by molar-refractivity contribution is 0.101. The summed E-state index contributed by atoms with van der Waals surface area (Å²) in [5, 5.41) is 1.51. The van der Waals surface area contributed by atoms with E-state index < -0.39 is 0 Å². The molecule has 6 heteroatoms. The molecule has 0 radical (unpaired) electrons. The molecule has 0 N–H and O–H groups in total. The van der Waals surface area contributed by atoms with Crippen LogP contribution in [0.2, 0.25) is 5.02 Å². The normalized spacial score (nSPS) is 11.1. The van der Waals surface area contributed by atoms with Crippen LogP contribution in [0.25, 0.3) is 16.0 Å². The number of hydrogen-bond donors (Lipinski definition) is 0. The van der Waals surface area contributed by atoms with Crippen LogP contribution in [-0.4, -0.2) is 15.3 Å². The molecule has 0 unspecified atom stereocenters. The summed E-state index contributed by atoms with van der Waals surface area (Å²) in [5.74, 6) is 0.572. The van der Waals surface area contributed by atoms with E-state index >= 15 is 0 Å². The first-order valence-corrected chi connectivity index (χ1v) is 9.67. The summed E-state index contributed by atoms with van der Waals surface area (Å²) in [6.07, 6.45) is 1.74. The quantitative estimate of drug-likeness (QED) is 0.398. The molecule has 2 aromatic carbocycles. The second-order valence-corrected chi connectivity index (χ2v) is 7.76. The number of benzene rings is 2. The Kier molecular flexibility index (Phi) is 4.72. The summed E-state index contributed by atoms with van der Waals surface area (Å²) in [7, 11) is 0. The van der Waals surface area contributed by atoms with Crippen molar-refractivity contribution < 1.29 is 9.53 Å². The van der Waals surface area contributed by atoms with Gasteiger partial charge in [0.1, 0.15) is 28.6 Å². The standard InChI is InChI=1S/C21H17ClN2O2S/c1-13-5-3-4-6-15(13)11-26-19-10-20(27-21(19)14(2)25)24-12-23-17-8-7-16(22)9-18(17)24/h3-10,12H,11H2,1-2H3. The number of ketones is 1. The predicted octanol–water partition coefficient (Wildman–Crippen LogP) is 5.83. The van der Waals surface area contributed by atoms with E-state index in [9.17, 15) is 4.79 Å². The Labute approximate surface area is 166 Å². The van der Waals surface area contributed by atoms with E-state index in [0.717, 1.165) is 27.2 Å². The smallest absolute Gasteiger partial charge is 0.173 e. The number of rotatable bonds is 5. The minimum Gasteiger partial charge on any atom is -0.487 e. The number of aryl methyl sites for hydroxylation is 1. The van der Waals surface area contributed by atoms with Crippen LogP contribution in [0.15, 0.2) is 54.9 Å². The Hall–Kier alpha value is -2.63. The predicted molar refractivity (Wildman–Crippen MR) is 109 cm³/mol. The molecule has 0 aliphatic carbocycles. The van der Waals surface area contributed by atoms with Gasteiger partial charge in [0.15, 0.2) is 5.78 Å². The first-order chi connectivity index (χ1) is 13.0. The van der Waals surface area contributed by atoms with Gasteiger partial charge in [0.25, 0.3) is 0 Å². The van der Waals surface area contributed by atoms with Crippen molar-refractivity contribution in [2.45, 2.75) is 20.5 Å². The molecule has 136 valence electrons. The zero-order chi connectivity index (χ0) is 19.0. The molecule has 0 atom stereocenters. The maximum atomic E-state index is 12.1. The number of ether oxygens (including phenoxy) is 1. The number of Topliss-reactive ketones (excluding diaryl/α,β-unsaturated/α-hetero) is 1. The van der Waals surface area contributed by atoms with Crippen LogP contribution in [0.4, 0.5) is 0 Å². The van der Waals surface area contributed by atoms with Crippen molar-refractivity contribution >= 4 is 39.8 Å². The molecule has 0 saturated carbocycles. The highest BCUT2D eigenvalue weighted by molar-refractivity contribution is 7.16. The van der Waals surface area contributed by atoms with Crippen LogP contribution in [-0.2, 0) is 6.61 Å². The summed E-state index contributed by atoms with van der Waals surface area (Å²) in [5.41, 5.74) is 4.00. The van der Waals surface area contributed by atoms with Gasteiger partial charge in [-0.25, -0.2) is 4.98 Å². The van der Waals surface area contributed by atoms with E-state index in [1.165, 1.54) is 11.3 Å². The van der Waals surface area contributed by atoms with Gasteiger partial charge >= 0.3 is 0 Å². The molecule has 2 heterocycles. The minimum absolute atomic E-state index is 0.0199. The Morgan fingerprint density at radius 1 is 1.22 bits per heavy atom. The van der Waals surface area contributed by atoms with Crippen molar-refractivity contribution in [2.75, 3.05) is 0 Å². The first kappa shape index (κ1) is 17.8. The maximum absolute atomic E-state index is 12.1. The largest absolute Gasteiger partial charge is 0.487 e. The molecule has 0 bridgehead atoms. The van der Waals surface area contributed by atoms with Gasteiger partial charge < -0.3 is 4.74 Å². The second kappa shape index (κ2) is 7.18. The average Bonchev–Trinajstić information content (AvgIpc) is 3.24. The zero-order valence-electron chi connectivity index (χ0n) is 14.9. The fourth-order valence-corrected chi connectivity index (χ4v) is 4.06. The molecule has 2 aromatic heterocycles. The summed E-state index contributed by atoms with van der Waals surface area (Å²) in [4.78, 5) is 17.1. The lowest BCUT2D eigenvalue weighted by Crippen LogP contribution is -2.00. The van der Waals surface area contributed by atoms with E-state index in [2.05, 4.69) is 4.98 Å². The highest BCUT2D eigenvalue weighted by Crippen LogP contribution is 2.35. The fraction of sp³-hybridized carbons (Fsp3) is 0.143. The van der Waals surface area contributed by atoms with Crippen LogP contribution >= 0.6 is 22.9 Å². The van der Waals surface area contributed by atoms with Gasteiger partial charge in [-0.1, -0.05) is 35.9 Å². The van der Waals surface area contributed by atoms with Gasteiger partial charge in [-0.2, -0.15) is 0 Å². The van der Waals surface area contributed by atoms with Crippen LogP contribution in [0.1, 0.15) is 27.7 Å². The van der Waals surface area contributed by atoms with Crippen molar-refractivity contribution in [2.24, 2.45) is 0 Å². The van der Waals surface area contributed by atoms with Crippen molar-refractivity contribution in [1.82, 2.24) is 9.55 Å². The van der Waals surface area contributed by atoms with Crippen molar-refractivity contribution in [1.29, 1.82) is 0 Å².